The molecule has 0 aliphatic heterocycles. The molecular weight excluding hydrogens is 274 g/mol. The molecule has 0 heterocycles. The summed E-state index contributed by atoms with van der Waals surface area (Å²) in [5.74, 6) is 0.0352. The maximum Gasteiger partial charge on any atom is 0.261 e. The first-order valence-corrected chi connectivity index (χ1v) is 7.62. The fraction of sp³-hybridized carbons (Fsp3) is 0.133. The van der Waals surface area contributed by atoms with Crippen molar-refractivity contribution in [3.05, 3.63) is 60.2 Å². The van der Waals surface area contributed by atoms with Crippen molar-refractivity contribution >= 4 is 21.5 Å². The van der Waals surface area contributed by atoms with Crippen LogP contribution >= 0.6 is 0 Å². The van der Waals surface area contributed by atoms with Crippen LogP contribution in [0.1, 0.15) is 12.5 Å². The summed E-state index contributed by atoms with van der Waals surface area (Å²) < 4.78 is 26.8. The lowest BCUT2D eigenvalue weighted by molar-refractivity contribution is -0.116. The number of carbonyl (C=O) groups excluding carboxylic acids is 1. The van der Waals surface area contributed by atoms with Gasteiger partial charge in [0.05, 0.1) is 4.90 Å². The Morgan fingerprint density at radius 1 is 1.05 bits per heavy atom. The number of ketones is 1. The van der Waals surface area contributed by atoms with Gasteiger partial charge in [-0.3, -0.25) is 9.52 Å². The topological polar surface area (TPSA) is 63.2 Å². The SMILES string of the molecule is CC(=O)Cc1cccc(NS(=O)(=O)c2ccccc2)c1. The predicted molar refractivity (Wildman–Crippen MR) is 78.1 cm³/mol. The highest BCUT2D eigenvalue weighted by molar-refractivity contribution is 7.92. The molecular formula is C15H15NO3S. The lowest BCUT2D eigenvalue weighted by atomic mass is 10.1. The van der Waals surface area contributed by atoms with Crippen molar-refractivity contribution in [3.63, 3.8) is 0 Å². The molecule has 0 unspecified atom stereocenters. The first-order valence-electron chi connectivity index (χ1n) is 6.13. The van der Waals surface area contributed by atoms with E-state index in [4.69, 9.17) is 0 Å². The van der Waals surface area contributed by atoms with E-state index in [1.807, 2.05) is 0 Å². The Morgan fingerprint density at radius 2 is 1.75 bits per heavy atom. The Labute approximate surface area is 118 Å². The molecule has 0 atom stereocenters. The molecule has 0 amide bonds. The third-order valence-corrected chi connectivity index (χ3v) is 4.08. The minimum Gasteiger partial charge on any atom is -0.300 e. The first kappa shape index (κ1) is 14.3. The van der Waals surface area contributed by atoms with Crippen molar-refractivity contribution in [1.82, 2.24) is 0 Å². The molecule has 104 valence electrons. The highest BCUT2D eigenvalue weighted by atomic mass is 32.2. The van der Waals surface area contributed by atoms with Crippen molar-refractivity contribution in [3.8, 4) is 0 Å². The van der Waals surface area contributed by atoms with E-state index in [1.54, 1.807) is 42.5 Å². The summed E-state index contributed by atoms with van der Waals surface area (Å²) in [5.41, 5.74) is 1.23. The third-order valence-electron chi connectivity index (χ3n) is 2.69. The molecule has 0 saturated carbocycles. The molecule has 0 saturated heterocycles. The molecule has 0 radical (unpaired) electrons. The molecule has 5 heteroatoms. The Kier molecular flexibility index (Phi) is 4.20. The molecule has 0 aliphatic carbocycles. The lowest BCUT2D eigenvalue weighted by Crippen LogP contribution is -2.13. The van der Waals surface area contributed by atoms with E-state index >= 15 is 0 Å². The van der Waals surface area contributed by atoms with Crippen molar-refractivity contribution < 1.29 is 13.2 Å². The van der Waals surface area contributed by atoms with Crippen LogP contribution in [0.5, 0.6) is 0 Å². The van der Waals surface area contributed by atoms with Crippen LogP contribution in [0.3, 0.4) is 0 Å². The van der Waals surface area contributed by atoms with Gasteiger partial charge in [-0.05, 0) is 36.8 Å². The van der Waals surface area contributed by atoms with Gasteiger partial charge in [0.2, 0.25) is 0 Å². The van der Waals surface area contributed by atoms with Gasteiger partial charge in [-0.15, -0.1) is 0 Å². The van der Waals surface area contributed by atoms with E-state index in [2.05, 4.69) is 4.72 Å². The van der Waals surface area contributed by atoms with E-state index in [1.165, 1.54) is 19.1 Å². The van der Waals surface area contributed by atoms with Crippen LogP contribution in [0, 0.1) is 0 Å². The molecule has 1 N–H and O–H groups in total. The van der Waals surface area contributed by atoms with Gasteiger partial charge in [0.25, 0.3) is 10.0 Å². The first-order chi connectivity index (χ1) is 9.47. The van der Waals surface area contributed by atoms with Crippen molar-refractivity contribution in [2.24, 2.45) is 0 Å². The number of benzene rings is 2. The Hall–Kier alpha value is -2.14. The summed E-state index contributed by atoms with van der Waals surface area (Å²) in [7, 11) is -3.59. The average Bonchev–Trinajstić information content (AvgIpc) is 2.39. The van der Waals surface area contributed by atoms with Crippen LogP contribution in [0.2, 0.25) is 0 Å². The van der Waals surface area contributed by atoms with Crippen LogP contribution in [0.4, 0.5) is 5.69 Å². The maximum absolute atomic E-state index is 12.2. The minimum atomic E-state index is -3.59. The number of carbonyl (C=O) groups is 1. The number of Topliss-reactive ketones (excluding diaryl/α,β-unsaturated/α-hetero) is 1. The molecule has 0 fully saturated rings. The molecule has 0 aliphatic rings. The van der Waals surface area contributed by atoms with Crippen molar-refractivity contribution in [1.29, 1.82) is 0 Å². The zero-order valence-corrected chi connectivity index (χ0v) is 11.9. The third kappa shape index (κ3) is 3.68. The monoisotopic (exact) mass is 289 g/mol. The molecule has 0 bridgehead atoms. The van der Waals surface area contributed by atoms with Gasteiger partial charge in [0.1, 0.15) is 5.78 Å². The number of sulfonamides is 1. The van der Waals surface area contributed by atoms with Crippen molar-refractivity contribution in [2.75, 3.05) is 4.72 Å². The highest BCUT2D eigenvalue weighted by Crippen LogP contribution is 2.17. The van der Waals surface area contributed by atoms with Crippen LogP contribution < -0.4 is 4.72 Å². The Balaban J connectivity index is 2.24. The molecule has 2 aromatic carbocycles. The number of nitrogens with one attached hydrogen (secondary N) is 1. The summed E-state index contributed by atoms with van der Waals surface area (Å²) in [4.78, 5) is 11.3. The zero-order valence-electron chi connectivity index (χ0n) is 11.0. The average molecular weight is 289 g/mol. The summed E-state index contributed by atoms with van der Waals surface area (Å²) in [6.07, 6.45) is 0.293. The number of anilines is 1. The fourth-order valence-electron chi connectivity index (χ4n) is 1.85. The van der Waals surface area contributed by atoms with Gasteiger partial charge in [-0.25, -0.2) is 8.42 Å². The number of hydrogen-bond donors (Lipinski definition) is 1. The molecule has 2 rings (SSSR count). The van der Waals surface area contributed by atoms with Gasteiger partial charge in [-0.1, -0.05) is 30.3 Å². The van der Waals surface area contributed by atoms with Crippen LogP contribution in [0.25, 0.3) is 0 Å². The van der Waals surface area contributed by atoms with E-state index in [-0.39, 0.29) is 10.7 Å². The van der Waals surface area contributed by atoms with Gasteiger partial charge >= 0.3 is 0 Å². The van der Waals surface area contributed by atoms with Gasteiger partial charge in [-0.2, -0.15) is 0 Å². The second-order valence-corrected chi connectivity index (χ2v) is 6.18. The van der Waals surface area contributed by atoms with Crippen LogP contribution in [0.15, 0.2) is 59.5 Å². The number of rotatable bonds is 5. The molecule has 2 aromatic rings. The van der Waals surface area contributed by atoms with Gasteiger partial charge in [0, 0.05) is 12.1 Å². The normalized spacial score (nSPS) is 11.1. The summed E-state index contributed by atoms with van der Waals surface area (Å²) in [5, 5.41) is 0. The Bertz CT molecular complexity index is 709. The summed E-state index contributed by atoms with van der Waals surface area (Å²) in [6, 6.07) is 15.0. The summed E-state index contributed by atoms with van der Waals surface area (Å²) in [6.45, 7) is 1.50. The largest absolute Gasteiger partial charge is 0.300 e. The minimum absolute atomic E-state index is 0.0352. The van der Waals surface area contributed by atoms with E-state index in [0.717, 1.165) is 5.56 Å². The fourth-order valence-corrected chi connectivity index (χ4v) is 2.92. The van der Waals surface area contributed by atoms with E-state index < -0.39 is 10.0 Å². The molecule has 4 nitrogen and oxygen atoms in total. The zero-order chi connectivity index (χ0) is 14.6. The molecule has 0 spiro atoms. The van der Waals surface area contributed by atoms with Gasteiger partial charge in [0.15, 0.2) is 0 Å². The quantitative estimate of drug-likeness (QED) is 0.920. The predicted octanol–water partition coefficient (Wildman–Crippen LogP) is 2.62. The maximum atomic E-state index is 12.2. The van der Waals surface area contributed by atoms with E-state index in [9.17, 15) is 13.2 Å². The smallest absolute Gasteiger partial charge is 0.261 e. The Morgan fingerprint density at radius 3 is 2.40 bits per heavy atom. The van der Waals surface area contributed by atoms with Gasteiger partial charge < -0.3 is 0 Å². The molecule has 0 aromatic heterocycles. The molecule has 20 heavy (non-hydrogen) atoms. The second-order valence-electron chi connectivity index (χ2n) is 4.50. The highest BCUT2D eigenvalue weighted by Gasteiger charge is 2.13. The van der Waals surface area contributed by atoms with Crippen LogP contribution in [-0.4, -0.2) is 14.2 Å². The standard InChI is InChI=1S/C15H15NO3S/c1-12(17)10-13-6-5-7-14(11-13)16-20(18,19)15-8-3-2-4-9-15/h2-9,11,16H,10H2,1H3. The number of hydrogen-bond acceptors (Lipinski definition) is 3. The second kappa shape index (κ2) is 5.88. The lowest BCUT2D eigenvalue weighted by Gasteiger charge is -2.09. The van der Waals surface area contributed by atoms with Crippen LogP contribution in [-0.2, 0) is 21.2 Å². The van der Waals surface area contributed by atoms with Crippen molar-refractivity contribution in [2.45, 2.75) is 18.2 Å². The summed E-state index contributed by atoms with van der Waals surface area (Å²) >= 11 is 0. The van der Waals surface area contributed by atoms with E-state index in [0.29, 0.717) is 12.1 Å².